The molecule has 0 bridgehead atoms. The molecule has 2 aromatic heterocycles. The van der Waals surface area contributed by atoms with Gasteiger partial charge in [-0.1, -0.05) is 29.3 Å². The Morgan fingerprint density at radius 1 is 1.00 bits per heavy atom. The Hall–Kier alpha value is -3.14. The highest BCUT2D eigenvalue weighted by atomic mass is 35.5. The molecule has 1 fully saturated rings. The predicted molar refractivity (Wildman–Crippen MR) is 135 cm³/mol. The van der Waals surface area contributed by atoms with Gasteiger partial charge in [-0.05, 0) is 67.6 Å². The lowest BCUT2D eigenvalue weighted by Gasteiger charge is -2.30. The average Bonchev–Trinajstić information content (AvgIpc) is 3.59. The third-order valence-electron chi connectivity index (χ3n) is 6.14. The van der Waals surface area contributed by atoms with Crippen LogP contribution in [0.3, 0.4) is 0 Å². The number of halogens is 2. The lowest BCUT2D eigenvalue weighted by molar-refractivity contribution is 0.462. The SMILES string of the molecule is O=S(=O)(c1ccc(Cl)cc1)N1CCCc2ccc(Oc3cc(-c4nnc(C5CC5)o4)cc(Cl)n3)cc21. The van der Waals surface area contributed by atoms with Crippen LogP contribution in [0.25, 0.3) is 11.5 Å². The predicted octanol–water partition coefficient (Wildman–Crippen LogP) is 6.25. The van der Waals surface area contributed by atoms with Gasteiger partial charge in [0.2, 0.25) is 17.7 Å². The number of rotatable bonds is 6. The molecule has 36 heavy (non-hydrogen) atoms. The van der Waals surface area contributed by atoms with Crippen molar-refractivity contribution in [2.45, 2.75) is 36.5 Å². The van der Waals surface area contributed by atoms with Crippen molar-refractivity contribution in [3.05, 3.63) is 76.2 Å². The normalized spacial score (nSPS) is 15.6. The van der Waals surface area contributed by atoms with Gasteiger partial charge in [0, 0.05) is 35.2 Å². The van der Waals surface area contributed by atoms with E-state index in [0.717, 1.165) is 24.8 Å². The number of aromatic nitrogens is 3. The quantitative estimate of drug-likeness (QED) is 0.265. The highest BCUT2D eigenvalue weighted by Gasteiger charge is 2.31. The first-order chi connectivity index (χ1) is 17.4. The molecule has 1 aliphatic heterocycles. The van der Waals surface area contributed by atoms with Crippen molar-refractivity contribution in [3.63, 3.8) is 0 Å². The number of fused-ring (bicyclic) bond motifs is 1. The molecule has 184 valence electrons. The molecule has 2 aliphatic rings. The molecule has 6 rings (SSSR count). The van der Waals surface area contributed by atoms with Crippen molar-refractivity contribution in [1.82, 2.24) is 15.2 Å². The summed E-state index contributed by atoms with van der Waals surface area (Å²) in [5.41, 5.74) is 2.08. The van der Waals surface area contributed by atoms with E-state index in [1.807, 2.05) is 6.07 Å². The fourth-order valence-electron chi connectivity index (χ4n) is 4.18. The lowest BCUT2D eigenvalue weighted by Crippen LogP contribution is -2.35. The lowest BCUT2D eigenvalue weighted by atomic mass is 10.0. The fourth-order valence-corrected chi connectivity index (χ4v) is 6.04. The molecule has 0 spiro atoms. The van der Waals surface area contributed by atoms with E-state index < -0.39 is 10.0 Å². The maximum atomic E-state index is 13.4. The van der Waals surface area contributed by atoms with Crippen molar-refractivity contribution in [2.24, 2.45) is 0 Å². The zero-order valence-electron chi connectivity index (χ0n) is 18.9. The number of aryl methyl sites for hydroxylation is 1. The molecule has 3 heterocycles. The number of hydrogen-bond acceptors (Lipinski definition) is 7. The van der Waals surface area contributed by atoms with E-state index in [1.54, 1.807) is 36.4 Å². The molecule has 2 aromatic carbocycles. The van der Waals surface area contributed by atoms with Crippen molar-refractivity contribution < 1.29 is 17.6 Å². The van der Waals surface area contributed by atoms with E-state index in [9.17, 15) is 8.42 Å². The number of pyridine rings is 1. The number of nitrogens with zero attached hydrogens (tertiary/aromatic N) is 4. The van der Waals surface area contributed by atoms with E-state index in [4.69, 9.17) is 32.4 Å². The highest BCUT2D eigenvalue weighted by molar-refractivity contribution is 7.92. The van der Waals surface area contributed by atoms with Crippen molar-refractivity contribution >= 4 is 38.9 Å². The number of benzene rings is 2. The molecule has 0 saturated heterocycles. The number of sulfonamides is 1. The van der Waals surface area contributed by atoms with Gasteiger partial charge in [0.1, 0.15) is 10.9 Å². The highest BCUT2D eigenvalue weighted by Crippen LogP contribution is 2.41. The molecule has 4 aromatic rings. The Bertz CT molecular complexity index is 1550. The van der Waals surface area contributed by atoms with Crippen molar-refractivity contribution in [3.8, 4) is 23.1 Å². The summed E-state index contributed by atoms with van der Waals surface area (Å²) in [4.78, 5) is 4.43. The summed E-state index contributed by atoms with van der Waals surface area (Å²) in [6.07, 6.45) is 3.58. The summed E-state index contributed by atoms with van der Waals surface area (Å²) in [6.45, 7) is 0.363. The first-order valence-corrected chi connectivity index (χ1v) is 13.7. The van der Waals surface area contributed by atoms with Crippen LogP contribution in [0.15, 0.2) is 63.9 Å². The second kappa shape index (κ2) is 9.06. The monoisotopic (exact) mass is 542 g/mol. The fraction of sp³-hybridized carbons (Fsp3) is 0.240. The molecule has 8 nitrogen and oxygen atoms in total. The maximum absolute atomic E-state index is 13.4. The maximum Gasteiger partial charge on any atom is 0.264 e. The molecule has 0 unspecified atom stereocenters. The molecule has 0 amide bonds. The molecule has 0 N–H and O–H groups in total. The zero-order chi connectivity index (χ0) is 24.9. The van der Waals surface area contributed by atoms with Crippen LogP contribution < -0.4 is 9.04 Å². The van der Waals surface area contributed by atoms with E-state index in [0.29, 0.717) is 52.7 Å². The van der Waals surface area contributed by atoms with Gasteiger partial charge in [0.25, 0.3) is 10.0 Å². The van der Waals surface area contributed by atoms with E-state index in [-0.39, 0.29) is 15.9 Å². The third kappa shape index (κ3) is 4.54. The molecule has 1 saturated carbocycles. The molecular weight excluding hydrogens is 523 g/mol. The Labute approximate surface area is 217 Å². The summed E-state index contributed by atoms with van der Waals surface area (Å²) in [5.74, 6) is 1.96. The number of anilines is 1. The van der Waals surface area contributed by atoms with Crippen molar-refractivity contribution in [1.29, 1.82) is 0 Å². The second-order valence-electron chi connectivity index (χ2n) is 8.76. The molecule has 0 atom stereocenters. The molecule has 0 radical (unpaired) electrons. The van der Waals surface area contributed by atoms with Crippen LogP contribution >= 0.6 is 23.2 Å². The van der Waals surface area contributed by atoms with E-state index in [1.165, 1.54) is 16.4 Å². The Morgan fingerprint density at radius 3 is 2.58 bits per heavy atom. The summed E-state index contributed by atoms with van der Waals surface area (Å²) in [7, 11) is -3.78. The molecule has 1 aliphatic carbocycles. The topological polar surface area (TPSA) is 98.4 Å². The van der Waals surface area contributed by atoms with Gasteiger partial charge in [-0.15, -0.1) is 10.2 Å². The van der Waals surface area contributed by atoms with Gasteiger partial charge in [-0.3, -0.25) is 4.31 Å². The van der Waals surface area contributed by atoms with Gasteiger partial charge in [0.15, 0.2) is 0 Å². The first-order valence-electron chi connectivity index (χ1n) is 11.5. The largest absolute Gasteiger partial charge is 0.439 e. The van der Waals surface area contributed by atoms with Gasteiger partial charge >= 0.3 is 0 Å². The van der Waals surface area contributed by atoms with Crippen LogP contribution in [0, 0.1) is 0 Å². The van der Waals surface area contributed by atoms with Crippen LogP contribution in [0.4, 0.5) is 5.69 Å². The Balaban J connectivity index is 1.31. The minimum Gasteiger partial charge on any atom is -0.439 e. The zero-order valence-corrected chi connectivity index (χ0v) is 21.2. The summed E-state index contributed by atoms with van der Waals surface area (Å²) >= 11 is 12.2. The first kappa shape index (κ1) is 23.3. The van der Waals surface area contributed by atoms with E-state index >= 15 is 0 Å². The summed E-state index contributed by atoms with van der Waals surface area (Å²) in [5, 5.41) is 8.92. The van der Waals surface area contributed by atoms with Crippen LogP contribution in [-0.4, -0.2) is 30.1 Å². The minimum absolute atomic E-state index is 0.178. The van der Waals surface area contributed by atoms with Crippen molar-refractivity contribution in [2.75, 3.05) is 10.8 Å². The number of ether oxygens (including phenoxy) is 1. The van der Waals surface area contributed by atoms with Gasteiger partial charge in [-0.25, -0.2) is 13.4 Å². The van der Waals surface area contributed by atoms with Crippen LogP contribution in [-0.2, 0) is 16.4 Å². The Morgan fingerprint density at radius 2 is 1.81 bits per heavy atom. The standard InChI is InChI=1S/C25H20Cl2N4O4S/c26-18-6-9-20(10-7-18)36(32,33)31-11-1-2-15-5-8-19(14-21(15)31)34-23-13-17(12-22(27)28-23)25-30-29-24(35-25)16-3-4-16/h5-10,12-14,16H,1-4,11H2. The van der Waals surface area contributed by atoms with E-state index in [2.05, 4.69) is 15.2 Å². The van der Waals surface area contributed by atoms with Gasteiger partial charge < -0.3 is 9.15 Å². The molecule has 11 heteroatoms. The Kier molecular flexibility index (Phi) is 5.86. The van der Waals surface area contributed by atoms with Crippen LogP contribution in [0.2, 0.25) is 10.2 Å². The summed E-state index contributed by atoms with van der Waals surface area (Å²) < 4.78 is 40.0. The summed E-state index contributed by atoms with van der Waals surface area (Å²) in [6, 6.07) is 14.8. The average molecular weight is 543 g/mol. The molecular formula is C25H20Cl2N4O4S. The van der Waals surface area contributed by atoms with Crippen LogP contribution in [0.5, 0.6) is 11.6 Å². The second-order valence-corrected chi connectivity index (χ2v) is 11.4. The smallest absolute Gasteiger partial charge is 0.264 e. The van der Waals surface area contributed by atoms with Gasteiger partial charge in [0.05, 0.1) is 10.6 Å². The van der Waals surface area contributed by atoms with Gasteiger partial charge in [-0.2, -0.15) is 0 Å². The number of hydrogen-bond donors (Lipinski definition) is 0. The third-order valence-corrected chi connectivity index (χ3v) is 8.41. The van der Waals surface area contributed by atoms with Crippen LogP contribution in [0.1, 0.15) is 36.6 Å². The minimum atomic E-state index is -3.78.